The largest absolute Gasteiger partial charge is 0.475 e. The Hall–Kier alpha value is -1.68. The van der Waals surface area contributed by atoms with Gasteiger partial charge in [0, 0.05) is 11.5 Å². The highest BCUT2D eigenvalue weighted by atomic mass is 32.1. The van der Waals surface area contributed by atoms with Crippen LogP contribution in [0.15, 0.2) is 34.7 Å². The number of carbonyl (C=O) groups is 1. The highest BCUT2D eigenvalue weighted by Gasteiger charge is 2.07. The van der Waals surface area contributed by atoms with Crippen molar-refractivity contribution >= 4 is 29.2 Å². The molecule has 0 bridgehead atoms. The zero-order valence-electron chi connectivity index (χ0n) is 7.06. The minimum Gasteiger partial charge on any atom is -0.475 e. The standard InChI is InChI=1S/C10H6O3S/c11-10(12)8-5-9(14)6-3-1-2-4-7(6)13-8/h1-5H,(H,11,12). The molecule has 0 aliphatic heterocycles. The predicted molar refractivity (Wildman–Crippen MR) is 54.0 cm³/mol. The van der Waals surface area contributed by atoms with Gasteiger partial charge in [-0.3, -0.25) is 0 Å². The van der Waals surface area contributed by atoms with Crippen molar-refractivity contribution in [2.45, 2.75) is 0 Å². The summed E-state index contributed by atoms with van der Waals surface area (Å²) in [6.45, 7) is 0. The maximum atomic E-state index is 10.7. The molecule has 3 nitrogen and oxygen atoms in total. The Balaban J connectivity index is 2.86. The first kappa shape index (κ1) is 8.90. The molecule has 0 aliphatic rings. The summed E-state index contributed by atoms with van der Waals surface area (Å²) >= 11 is 5.04. The van der Waals surface area contributed by atoms with Crippen LogP contribution >= 0.6 is 12.2 Å². The number of benzene rings is 1. The molecule has 0 amide bonds. The van der Waals surface area contributed by atoms with Gasteiger partial charge < -0.3 is 9.52 Å². The first-order valence-corrected chi connectivity index (χ1v) is 4.35. The summed E-state index contributed by atoms with van der Waals surface area (Å²) in [5, 5.41) is 9.49. The average Bonchev–Trinajstić information content (AvgIpc) is 2.17. The van der Waals surface area contributed by atoms with Crippen molar-refractivity contribution in [2.75, 3.05) is 0 Å². The highest BCUT2D eigenvalue weighted by Crippen LogP contribution is 2.17. The fraction of sp³-hybridized carbons (Fsp3) is 0. The first-order chi connectivity index (χ1) is 6.68. The zero-order valence-corrected chi connectivity index (χ0v) is 7.88. The summed E-state index contributed by atoms with van der Waals surface area (Å²) in [6, 6.07) is 8.44. The molecule has 70 valence electrons. The molecule has 0 atom stereocenters. The van der Waals surface area contributed by atoms with Gasteiger partial charge in [0.25, 0.3) is 0 Å². The Morgan fingerprint density at radius 1 is 1.36 bits per heavy atom. The third kappa shape index (κ3) is 1.40. The molecule has 0 saturated carbocycles. The Morgan fingerprint density at radius 3 is 2.79 bits per heavy atom. The van der Waals surface area contributed by atoms with E-state index in [9.17, 15) is 4.79 Å². The number of fused-ring (bicyclic) bond motifs is 1. The topological polar surface area (TPSA) is 50.4 Å². The number of para-hydroxylation sites is 1. The van der Waals surface area contributed by atoms with Crippen molar-refractivity contribution in [3.05, 3.63) is 40.6 Å². The van der Waals surface area contributed by atoms with Crippen LogP contribution in [0.25, 0.3) is 11.0 Å². The molecule has 0 unspecified atom stereocenters. The minimum absolute atomic E-state index is 0.131. The van der Waals surface area contributed by atoms with E-state index in [1.54, 1.807) is 18.2 Å². The van der Waals surface area contributed by atoms with Crippen molar-refractivity contribution in [2.24, 2.45) is 0 Å². The van der Waals surface area contributed by atoms with E-state index in [0.29, 0.717) is 10.1 Å². The lowest BCUT2D eigenvalue weighted by Gasteiger charge is -1.98. The lowest BCUT2D eigenvalue weighted by molar-refractivity contribution is 0.0663. The normalized spacial score (nSPS) is 10.3. The molecule has 2 aromatic rings. The number of aromatic carboxylic acids is 1. The van der Waals surface area contributed by atoms with Gasteiger partial charge in [0.2, 0.25) is 5.76 Å². The van der Waals surface area contributed by atoms with E-state index in [2.05, 4.69) is 0 Å². The van der Waals surface area contributed by atoms with Gasteiger partial charge in [0.05, 0.1) is 4.51 Å². The van der Waals surface area contributed by atoms with Gasteiger partial charge in [-0.2, -0.15) is 0 Å². The molecule has 0 radical (unpaired) electrons. The van der Waals surface area contributed by atoms with Crippen LogP contribution in [0.4, 0.5) is 0 Å². The van der Waals surface area contributed by atoms with E-state index in [-0.39, 0.29) is 5.76 Å². The van der Waals surface area contributed by atoms with Crippen LogP contribution in [0, 0.1) is 4.51 Å². The molecule has 0 fully saturated rings. The van der Waals surface area contributed by atoms with E-state index < -0.39 is 5.97 Å². The molecular formula is C10H6O3S. The van der Waals surface area contributed by atoms with Crippen molar-refractivity contribution in [3.63, 3.8) is 0 Å². The van der Waals surface area contributed by atoms with E-state index in [4.69, 9.17) is 21.7 Å². The summed E-state index contributed by atoms with van der Waals surface area (Å²) in [5.74, 6) is -1.24. The molecule has 14 heavy (non-hydrogen) atoms. The molecule has 0 aliphatic carbocycles. The van der Waals surface area contributed by atoms with Crippen molar-refractivity contribution in [3.8, 4) is 0 Å². The number of carboxylic acids is 1. The van der Waals surface area contributed by atoms with Gasteiger partial charge in [-0.1, -0.05) is 24.4 Å². The molecule has 4 heteroatoms. The second-order valence-electron chi connectivity index (χ2n) is 2.78. The Morgan fingerprint density at radius 2 is 2.07 bits per heavy atom. The SMILES string of the molecule is O=C(O)c1cc(=S)c2ccccc2o1. The second kappa shape index (κ2) is 3.23. The monoisotopic (exact) mass is 206 g/mol. The third-order valence-corrected chi connectivity index (χ3v) is 2.18. The molecule has 0 spiro atoms. The summed E-state index contributed by atoms with van der Waals surface area (Å²) in [6.07, 6.45) is 0. The molecular weight excluding hydrogens is 200 g/mol. The van der Waals surface area contributed by atoms with E-state index >= 15 is 0 Å². The smallest absolute Gasteiger partial charge is 0.371 e. The molecule has 1 aromatic carbocycles. The maximum absolute atomic E-state index is 10.7. The van der Waals surface area contributed by atoms with Gasteiger partial charge in [0.1, 0.15) is 5.58 Å². The summed E-state index contributed by atoms with van der Waals surface area (Å²) in [5.41, 5.74) is 0.498. The Bertz CT molecular complexity index is 557. The molecule has 0 saturated heterocycles. The van der Waals surface area contributed by atoms with Crippen molar-refractivity contribution in [1.82, 2.24) is 0 Å². The lowest BCUT2D eigenvalue weighted by atomic mass is 10.2. The fourth-order valence-corrected chi connectivity index (χ4v) is 1.49. The Labute approximate surface area is 84.6 Å². The minimum atomic E-state index is -1.11. The number of hydrogen-bond acceptors (Lipinski definition) is 3. The summed E-state index contributed by atoms with van der Waals surface area (Å²) in [4.78, 5) is 10.7. The molecule has 2 rings (SSSR count). The van der Waals surface area contributed by atoms with Crippen LogP contribution in [-0.2, 0) is 0 Å². The molecule has 1 N–H and O–H groups in total. The second-order valence-corrected chi connectivity index (χ2v) is 3.22. The number of hydrogen-bond donors (Lipinski definition) is 1. The van der Waals surface area contributed by atoms with Gasteiger partial charge >= 0.3 is 5.97 Å². The van der Waals surface area contributed by atoms with Gasteiger partial charge in [-0.05, 0) is 12.1 Å². The molecule has 1 aromatic heterocycles. The number of rotatable bonds is 1. The fourth-order valence-electron chi connectivity index (χ4n) is 1.21. The van der Waals surface area contributed by atoms with Crippen LogP contribution < -0.4 is 0 Å². The number of carboxylic acid groups (broad SMARTS) is 1. The Kier molecular flexibility index (Phi) is 2.05. The highest BCUT2D eigenvalue weighted by molar-refractivity contribution is 7.71. The van der Waals surface area contributed by atoms with Gasteiger partial charge in [-0.15, -0.1) is 0 Å². The van der Waals surface area contributed by atoms with Crippen molar-refractivity contribution in [1.29, 1.82) is 0 Å². The van der Waals surface area contributed by atoms with Crippen molar-refractivity contribution < 1.29 is 14.3 Å². The van der Waals surface area contributed by atoms with Crippen LogP contribution in [0.2, 0.25) is 0 Å². The van der Waals surface area contributed by atoms with E-state index in [1.807, 2.05) is 6.07 Å². The van der Waals surface area contributed by atoms with Crippen LogP contribution in [0.3, 0.4) is 0 Å². The van der Waals surface area contributed by atoms with Crippen LogP contribution in [0.5, 0.6) is 0 Å². The predicted octanol–water partition coefficient (Wildman–Crippen LogP) is 2.86. The van der Waals surface area contributed by atoms with Gasteiger partial charge in [-0.25, -0.2) is 4.79 Å². The van der Waals surface area contributed by atoms with Crippen LogP contribution in [0.1, 0.15) is 10.6 Å². The van der Waals surface area contributed by atoms with Crippen LogP contribution in [-0.4, -0.2) is 11.1 Å². The van der Waals surface area contributed by atoms with Gasteiger partial charge in [0.15, 0.2) is 0 Å². The lowest BCUT2D eigenvalue weighted by Crippen LogP contribution is -1.95. The summed E-state index contributed by atoms with van der Waals surface area (Å²) < 4.78 is 5.63. The van der Waals surface area contributed by atoms with E-state index in [1.165, 1.54) is 6.07 Å². The molecule has 1 heterocycles. The average molecular weight is 206 g/mol. The first-order valence-electron chi connectivity index (χ1n) is 3.94. The quantitative estimate of drug-likeness (QED) is 0.729. The summed E-state index contributed by atoms with van der Waals surface area (Å²) in [7, 11) is 0. The maximum Gasteiger partial charge on any atom is 0.371 e. The van der Waals surface area contributed by atoms with E-state index in [0.717, 1.165) is 5.39 Å². The zero-order chi connectivity index (χ0) is 10.1. The third-order valence-electron chi connectivity index (χ3n) is 1.85.